The number of carbonyl (C=O) groups excluding carboxylic acids is 3. The number of aliphatic hydroxyl groups is 3. The van der Waals surface area contributed by atoms with E-state index in [9.17, 15) is 29.7 Å². The quantitative estimate of drug-likeness (QED) is 0.222. The molecule has 0 unspecified atom stereocenters. The SMILES string of the molecule is CO[C@H]1O[C@]23CC[C@H]([C@@H]1C(=O)/C=C\O)[C@@]2(C)CC[C@H]1[C@H]3CC[C@]2(O)C[C@@H](O)C[C@@H](OC(C)=O)[C@]12C=O. The van der Waals surface area contributed by atoms with E-state index >= 15 is 0 Å². The van der Waals surface area contributed by atoms with Crippen molar-refractivity contribution in [3.8, 4) is 0 Å². The Hall–Kier alpha value is -1.81. The lowest BCUT2D eigenvalue weighted by Crippen LogP contribution is -2.74. The maximum atomic E-state index is 13.1. The molecule has 0 aromatic carbocycles. The zero-order valence-corrected chi connectivity index (χ0v) is 21.2. The monoisotopic (exact) mass is 506 g/mol. The second-order valence-corrected chi connectivity index (χ2v) is 12.0. The molecule has 5 aliphatic rings. The summed E-state index contributed by atoms with van der Waals surface area (Å²) in [6, 6.07) is 0. The van der Waals surface area contributed by atoms with E-state index in [-0.39, 0.29) is 48.2 Å². The van der Waals surface area contributed by atoms with Gasteiger partial charge in [-0.25, -0.2) is 0 Å². The van der Waals surface area contributed by atoms with Gasteiger partial charge in [-0.05, 0) is 56.3 Å². The second-order valence-electron chi connectivity index (χ2n) is 12.0. The zero-order valence-electron chi connectivity index (χ0n) is 21.2. The van der Waals surface area contributed by atoms with E-state index in [0.29, 0.717) is 25.7 Å². The summed E-state index contributed by atoms with van der Waals surface area (Å²) in [5.41, 5.74) is -3.88. The molecule has 0 spiro atoms. The van der Waals surface area contributed by atoms with Gasteiger partial charge in [0.1, 0.15) is 12.4 Å². The fourth-order valence-corrected chi connectivity index (χ4v) is 9.63. The van der Waals surface area contributed by atoms with Crippen molar-refractivity contribution >= 4 is 18.0 Å². The van der Waals surface area contributed by atoms with Gasteiger partial charge >= 0.3 is 5.97 Å². The molecular weight excluding hydrogens is 468 g/mol. The van der Waals surface area contributed by atoms with Crippen LogP contribution in [0.1, 0.15) is 65.2 Å². The van der Waals surface area contributed by atoms with Gasteiger partial charge < -0.3 is 34.3 Å². The molecule has 36 heavy (non-hydrogen) atoms. The van der Waals surface area contributed by atoms with Crippen molar-refractivity contribution in [1.82, 2.24) is 0 Å². The molecule has 5 rings (SSSR count). The molecule has 0 radical (unpaired) electrons. The highest BCUT2D eigenvalue weighted by molar-refractivity contribution is 5.92. The number of carbonyl (C=O) groups is 3. The van der Waals surface area contributed by atoms with Crippen LogP contribution in [0.5, 0.6) is 0 Å². The smallest absolute Gasteiger partial charge is 0.302 e. The van der Waals surface area contributed by atoms with Crippen molar-refractivity contribution in [3.05, 3.63) is 12.3 Å². The van der Waals surface area contributed by atoms with Crippen molar-refractivity contribution in [3.63, 3.8) is 0 Å². The Morgan fingerprint density at radius 2 is 1.78 bits per heavy atom. The van der Waals surface area contributed by atoms with Crippen LogP contribution in [-0.2, 0) is 28.6 Å². The van der Waals surface area contributed by atoms with Crippen molar-refractivity contribution in [1.29, 1.82) is 0 Å². The molecule has 0 aromatic rings. The summed E-state index contributed by atoms with van der Waals surface area (Å²) in [7, 11) is 1.51. The second kappa shape index (κ2) is 8.61. The highest BCUT2D eigenvalue weighted by Gasteiger charge is 2.77. The number of rotatable bonds is 5. The maximum absolute atomic E-state index is 13.1. The molecule has 0 aromatic heterocycles. The molecule has 9 nitrogen and oxygen atoms in total. The van der Waals surface area contributed by atoms with Crippen LogP contribution in [0.15, 0.2) is 12.3 Å². The van der Waals surface area contributed by atoms with Crippen LogP contribution in [0, 0.1) is 34.5 Å². The van der Waals surface area contributed by atoms with Crippen molar-refractivity contribution in [2.24, 2.45) is 34.5 Å². The van der Waals surface area contributed by atoms with Gasteiger partial charge in [-0.2, -0.15) is 0 Å². The summed E-state index contributed by atoms with van der Waals surface area (Å²) in [6.07, 6.45) is 3.86. The summed E-state index contributed by atoms with van der Waals surface area (Å²) < 4.78 is 18.2. The molecule has 4 aliphatic carbocycles. The number of ether oxygens (including phenoxy) is 3. The van der Waals surface area contributed by atoms with E-state index in [0.717, 1.165) is 19.0 Å². The lowest BCUT2D eigenvalue weighted by atomic mass is 9.40. The topological polar surface area (TPSA) is 140 Å². The summed E-state index contributed by atoms with van der Waals surface area (Å²) in [5, 5.41) is 31.7. The molecule has 1 aliphatic heterocycles. The normalized spacial score (nSPS) is 51.6. The number of aldehydes is 1. The van der Waals surface area contributed by atoms with Crippen molar-refractivity contribution < 1.29 is 43.9 Å². The lowest BCUT2D eigenvalue weighted by Gasteiger charge is -2.68. The zero-order chi connectivity index (χ0) is 26.1. The third kappa shape index (κ3) is 3.12. The first-order chi connectivity index (χ1) is 17.0. The van der Waals surface area contributed by atoms with Gasteiger partial charge in [-0.1, -0.05) is 6.92 Å². The Morgan fingerprint density at radius 1 is 1.08 bits per heavy atom. The largest absolute Gasteiger partial charge is 0.515 e. The Labute approximate surface area is 211 Å². The third-order valence-corrected chi connectivity index (χ3v) is 10.9. The summed E-state index contributed by atoms with van der Waals surface area (Å²) >= 11 is 0. The van der Waals surface area contributed by atoms with Crippen LogP contribution < -0.4 is 0 Å². The van der Waals surface area contributed by atoms with Gasteiger partial charge in [0.25, 0.3) is 0 Å². The molecule has 2 bridgehead atoms. The van der Waals surface area contributed by atoms with E-state index < -0.39 is 47.0 Å². The highest BCUT2D eigenvalue weighted by Crippen LogP contribution is 2.73. The first kappa shape index (κ1) is 25.8. The highest BCUT2D eigenvalue weighted by atomic mass is 16.7. The summed E-state index contributed by atoms with van der Waals surface area (Å²) in [6.45, 7) is 3.45. The fourth-order valence-electron chi connectivity index (χ4n) is 9.63. The number of aliphatic hydroxyl groups excluding tert-OH is 2. The Morgan fingerprint density at radius 3 is 2.42 bits per heavy atom. The van der Waals surface area contributed by atoms with Gasteiger partial charge in [0.2, 0.25) is 0 Å². The van der Waals surface area contributed by atoms with Crippen LogP contribution in [0.25, 0.3) is 0 Å². The molecule has 1 heterocycles. The van der Waals surface area contributed by atoms with Gasteiger partial charge in [0.15, 0.2) is 12.1 Å². The average molecular weight is 507 g/mol. The predicted molar refractivity (Wildman–Crippen MR) is 125 cm³/mol. The minimum absolute atomic E-state index is 0.0220. The van der Waals surface area contributed by atoms with E-state index in [1.54, 1.807) is 0 Å². The average Bonchev–Trinajstić information content (AvgIpc) is 2.98. The van der Waals surface area contributed by atoms with Crippen LogP contribution in [0.3, 0.4) is 0 Å². The van der Waals surface area contributed by atoms with Gasteiger partial charge in [0.05, 0.1) is 34.9 Å². The Balaban J connectivity index is 1.59. The van der Waals surface area contributed by atoms with E-state index in [1.807, 2.05) is 0 Å². The molecule has 3 N–H and O–H groups in total. The standard InChI is InChI=1S/C27H38O9/c1-15(30)35-21-12-16(31)13-25(33)9-5-18-17(26(21,25)14-29)4-8-24(2)19-6-10-27(18,24)36-23(34-3)22(19)20(32)7-11-28/h7,11,14,16-19,21-23,28,31,33H,4-6,8-10,12-13H2,1-3H3/b11-7-/t16-,17-,18+,19+,21+,22+,23-,24+,25-,26-,27-/m0/s1. The van der Waals surface area contributed by atoms with Gasteiger partial charge in [0, 0.05) is 38.4 Å². The van der Waals surface area contributed by atoms with Crippen LogP contribution in [0.2, 0.25) is 0 Å². The minimum Gasteiger partial charge on any atom is -0.515 e. The van der Waals surface area contributed by atoms with E-state index in [1.165, 1.54) is 20.1 Å². The number of fused-ring (bicyclic) bond motifs is 3. The predicted octanol–water partition coefficient (Wildman–Crippen LogP) is 2.22. The number of esters is 1. The molecule has 11 atom stereocenters. The summed E-state index contributed by atoms with van der Waals surface area (Å²) in [4.78, 5) is 38.1. The molecule has 5 fully saturated rings. The van der Waals surface area contributed by atoms with Crippen LogP contribution in [0.4, 0.5) is 0 Å². The molecule has 0 amide bonds. The molecule has 4 saturated carbocycles. The maximum Gasteiger partial charge on any atom is 0.302 e. The fraction of sp³-hybridized carbons (Fsp3) is 0.815. The number of ketones is 1. The minimum atomic E-state index is -1.49. The first-order valence-electron chi connectivity index (χ1n) is 13.1. The number of allylic oxidation sites excluding steroid dienone is 1. The van der Waals surface area contributed by atoms with Crippen LogP contribution in [-0.4, -0.2) is 70.2 Å². The van der Waals surface area contributed by atoms with E-state index in [4.69, 9.17) is 14.2 Å². The summed E-state index contributed by atoms with van der Waals surface area (Å²) in [5.74, 6) is -1.79. The molecular formula is C27H38O9. The van der Waals surface area contributed by atoms with Crippen molar-refractivity contribution in [2.75, 3.05) is 7.11 Å². The Bertz CT molecular complexity index is 965. The molecule has 9 heteroatoms. The number of hydrogen-bond donors (Lipinski definition) is 3. The molecule has 1 saturated heterocycles. The lowest BCUT2D eigenvalue weighted by molar-refractivity contribution is -0.343. The first-order valence-corrected chi connectivity index (χ1v) is 13.1. The third-order valence-electron chi connectivity index (χ3n) is 10.9. The van der Waals surface area contributed by atoms with Crippen molar-refractivity contribution in [2.45, 2.75) is 94.9 Å². The number of methoxy groups -OCH3 is 1. The molecule has 200 valence electrons. The van der Waals surface area contributed by atoms with Gasteiger partial charge in [-0.3, -0.25) is 9.59 Å². The van der Waals surface area contributed by atoms with Crippen LogP contribution >= 0.6 is 0 Å². The Kier molecular flexibility index (Phi) is 6.18. The van der Waals surface area contributed by atoms with Gasteiger partial charge in [-0.15, -0.1) is 0 Å². The number of hydrogen-bond acceptors (Lipinski definition) is 9. The van der Waals surface area contributed by atoms with E-state index in [2.05, 4.69) is 6.92 Å².